The molecule has 0 aromatic heterocycles. The summed E-state index contributed by atoms with van der Waals surface area (Å²) in [6.07, 6.45) is 2.87. The molecule has 0 heterocycles. The monoisotopic (exact) mass is 244 g/mol. The van der Waals surface area contributed by atoms with E-state index in [0.29, 0.717) is 19.3 Å². The highest BCUT2D eigenvalue weighted by molar-refractivity contribution is 5.87. The van der Waals surface area contributed by atoms with Gasteiger partial charge < -0.3 is 15.3 Å². The fourth-order valence-corrected chi connectivity index (χ4v) is 1.28. The molecule has 0 amide bonds. The van der Waals surface area contributed by atoms with Crippen molar-refractivity contribution in [2.75, 3.05) is 0 Å². The number of hydrogen-bond donors (Lipinski definition) is 3. The largest absolute Gasteiger partial charge is 0.481 e. The second-order valence-corrected chi connectivity index (χ2v) is 3.59. The van der Waals surface area contributed by atoms with E-state index < -0.39 is 17.9 Å². The van der Waals surface area contributed by atoms with Crippen molar-refractivity contribution in [2.24, 2.45) is 0 Å². The van der Waals surface area contributed by atoms with E-state index in [4.69, 9.17) is 15.3 Å². The van der Waals surface area contributed by atoms with Gasteiger partial charge in [-0.25, -0.2) is 4.79 Å². The number of hydrogen-bond acceptors (Lipinski definition) is 3. The Labute approximate surface area is 98.6 Å². The van der Waals surface area contributed by atoms with Crippen LogP contribution in [-0.2, 0) is 14.4 Å². The Bertz CT molecular complexity index is 318. The molecule has 0 saturated carbocycles. The van der Waals surface area contributed by atoms with Gasteiger partial charge in [0.1, 0.15) is 0 Å². The summed E-state index contributed by atoms with van der Waals surface area (Å²) in [5, 5.41) is 25.6. The molecular weight excluding hydrogens is 228 g/mol. The lowest BCUT2D eigenvalue weighted by Crippen LogP contribution is -2.03. The summed E-state index contributed by atoms with van der Waals surface area (Å²) in [7, 11) is 0. The van der Waals surface area contributed by atoms with Crippen molar-refractivity contribution in [1.29, 1.82) is 0 Å². The van der Waals surface area contributed by atoms with Gasteiger partial charge in [-0.15, -0.1) is 0 Å². The standard InChI is InChI=1S/C11H16O6/c12-9(13)5-3-1-2-4-8(11(16)17)6-7-10(14)15/h6H,1-5,7H2,(H,12,13)(H,14,15)(H,16,17). The average molecular weight is 244 g/mol. The van der Waals surface area contributed by atoms with Crippen LogP contribution in [0.15, 0.2) is 11.6 Å². The van der Waals surface area contributed by atoms with Crippen LogP contribution in [0.1, 0.15) is 38.5 Å². The predicted octanol–water partition coefficient (Wildman–Crippen LogP) is 1.51. The summed E-state index contributed by atoms with van der Waals surface area (Å²) < 4.78 is 0. The fourth-order valence-electron chi connectivity index (χ4n) is 1.28. The van der Waals surface area contributed by atoms with Crippen LogP contribution in [-0.4, -0.2) is 33.2 Å². The number of carboxylic acids is 3. The zero-order valence-electron chi connectivity index (χ0n) is 9.39. The minimum Gasteiger partial charge on any atom is -0.481 e. The molecule has 0 spiro atoms. The highest BCUT2D eigenvalue weighted by atomic mass is 16.4. The number of rotatable bonds is 9. The van der Waals surface area contributed by atoms with Gasteiger partial charge in [-0.2, -0.15) is 0 Å². The maximum atomic E-state index is 10.7. The van der Waals surface area contributed by atoms with Crippen LogP contribution >= 0.6 is 0 Å². The molecule has 0 aliphatic heterocycles. The molecule has 0 saturated heterocycles. The van der Waals surface area contributed by atoms with E-state index in [1.807, 2.05) is 0 Å². The Morgan fingerprint density at radius 3 is 1.88 bits per heavy atom. The molecule has 6 heteroatoms. The molecule has 96 valence electrons. The minimum absolute atomic E-state index is 0.0707. The van der Waals surface area contributed by atoms with Crippen molar-refractivity contribution >= 4 is 17.9 Å². The normalized spacial score (nSPS) is 11.2. The SMILES string of the molecule is O=C(O)CC=C(CCCCCC(=O)O)C(=O)O. The van der Waals surface area contributed by atoms with Crippen molar-refractivity contribution in [3.63, 3.8) is 0 Å². The van der Waals surface area contributed by atoms with Gasteiger partial charge in [0.25, 0.3) is 0 Å². The summed E-state index contributed by atoms with van der Waals surface area (Å²) >= 11 is 0. The first-order valence-corrected chi connectivity index (χ1v) is 5.29. The van der Waals surface area contributed by atoms with Gasteiger partial charge in [-0.1, -0.05) is 12.5 Å². The molecule has 0 aromatic carbocycles. The Balaban J connectivity index is 3.94. The topological polar surface area (TPSA) is 112 Å². The summed E-state index contributed by atoms with van der Waals surface area (Å²) in [5.74, 6) is -3.07. The zero-order chi connectivity index (χ0) is 13.3. The Hall–Kier alpha value is -1.85. The van der Waals surface area contributed by atoms with Crippen molar-refractivity contribution in [3.8, 4) is 0 Å². The molecule has 0 aliphatic carbocycles. The maximum absolute atomic E-state index is 10.7. The fraction of sp³-hybridized carbons (Fsp3) is 0.545. The number of aliphatic carboxylic acids is 3. The second kappa shape index (κ2) is 8.32. The first-order valence-electron chi connectivity index (χ1n) is 5.29. The Morgan fingerprint density at radius 2 is 1.41 bits per heavy atom. The van der Waals surface area contributed by atoms with Crippen LogP contribution in [0.3, 0.4) is 0 Å². The first kappa shape index (κ1) is 15.2. The quantitative estimate of drug-likeness (QED) is 0.418. The molecule has 17 heavy (non-hydrogen) atoms. The molecule has 0 atom stereocenters. The second-order valence-electron chi connectivity index (χ2n) is 3.59. The summed E-state index contributed by atoms with van der Waals surface area (Å²) in [4.78, 5) is 31.2. The first-order chi connectivity index (χ1) is 7.93. The third-order valence-corrected chi connectivity index (χ3v) is 2.13. The molecule has 3 N–H and O–H groups in total. The van der Waals surface area contributed by atoms with Crippen LogP contribution in [0, 0.1) is 0 Å². The van der Waals surface area contributed by atoms with E-state index >= 15 is 0 Å². The van der Waals surface area contributed by atoms with Gasteiger partial charge in [0, 0.05) is 12.0 Å². The molecule has 0 radical (unpaired) electrons. The van der Waals surface area contributed by atoms with Crippen LogP contribution < -0.4 is 0 Å². The van der Waals surface area contributed by atoms with Gasteiger partial charge >= 0.3 is 17.9 Å². The van der Waals surface area contributed by atoms with Crippen LogP contribution in [0.25, 0.3) is 0 Å². The zero-order valence-corrected chi connectivity index (χ0v) is 9.39. The number of unbranched alkanes of at least 4 members (excludes halogenated alkanes) is 2. The lowest BCUT2D eigenvalue weighted by molar-refractivity contribution is -0.137. The van der Waals surface area contributed by atoms with Crippen LogP contribution in [0.2, 0.25) is 0 Å². The van der Waals surface area contributed by atoms with Crippen molar-refractivity contribution in [3.05, 3.63) is 11.6 Å². The lowest BCUT2D eigenvalue weighted by Gasteiger charge is -2.01. The van der Waals surface area contributed by atoms with E-state index in [2.05, 4.69) is 0 Å². The molecule has 6 nitrogen and oxygen atoms in total. The van der Waals surface area contributed by atoms with Crippen molar-refractivity contribution in [1.82, 2.24) is 0 Å². The molecule has 0 aliphatic rings. The van der Waals surface area contributed by atoms with Gasteiger partial charge in [0.2, 0.25) is 0 Å². The average Bonchev–Trinajstić information content (AvgIpc) is 2.20. The summed E-state index contributed by atoms with van der Waals surface area (Å²) in [5.41, 5.74) is 0.0720. The predicted molar refractivity (Wildman–Crippen MR) is 58.7 cm³/mol. The third-order valence-electron chi connectivity index (χ3n) is 2.13. The van der Waals surface area contributed by atoms with E-state index in [1.165, 1.54) is 6.08 Å². The Kier molecular flexibility index (Phi) is 7.41. The third kappa shape index (κ3) is 9.10. The number of carbonyl (C=O) groups is 3. The highest BCUT2D eigenvalue weighted by Gasteiger charge is 2.07. The molecule has 0 bridgehead atoms. The lowest BCUT2D eigenvalue weighted by atomic mass is 10.1. The van der Waals surface area contributed by atoms with Gasteiger partial charge in [0.05, 0.1) is 6.42 Å². The molecule has 0 rings (SSSR count). The van der Waals surface area contributed by atoms with E-state index in [0.717, 1.165) is 0 Å². The van der Waals surface area contributed by atoms with Gasteiger partial charge in [-0.3, -0.25) is 9.59 Å². The minimum atomic E-state index is -1.12. The van der Waals surface area contributed by atoms with E-state index in [9.17, 15) is 14.4 Å². The molecule has 0 unspecified atom stereocenters. The van der Waals surface area contributed by atoms with Gasteiger partial charge in [-0.05, 0) is 19.3 Å². The summed E-state index contributed by atoms with van der Waals surface area (Å²) in [6, 6.07) is 0. The Morgan fingerprint density at radius 1 is 0.824 bits per heavy atom. The highest BCUT2D eigenvalue weighted by Crippen LogP contribution is 2.11. The van der Waals surface area contributed by atoms with Crippen LogP contribution in [0.4, 0.5) is 0 Å². The van der Waals surface area contributed by atoms with Crippen molar-refractivity contribution < 1.29 is 29.7 Å². The molecular formula is C11H16O6. The van der Waals surface area contributed by atoms with Crippen LogP contribution in [0.5, 0.6) is 0 Å². The van der Waals surface area contributed by atoms with Crippen molar-refractivity contribution in [2.45, 2.75) is 38.5 Å². The number of carboxylic acid groups (broad SMARTS) is 3. The maximum Gasteiger partial charge on any atom is 0.331 e. The molecule has 0 fully saturated rings. The van der Waals surface area contributed by atoms with E-state index in [-0.39, 0.29) is 24.8 Å². The van der Waals surface area contributed by atoms with E-state index in [1.54, 1.807) is 0 Å². The van der Waals surface area contributed by atoms with Gasteiger partial charge in [0.15, 0.2) is 0 Å². The smallest absolute Gasteiger partial charge is 0.331 e. The summed E-state index contributed by atoms with van der Waals surface area (Å²) in [6.45, 7) is 0. The molecule has 0 aromatic rings.